The summed E-state index contributed by atoms with van der Waals surface area (Å²) in [6.07, 6.45) is 1.46. The van der Waals surface area contributed by atoms with Crippen LogP contribution in [0.5, 0.6) is 0 Å². The third-order valence-corrected chi connectivity index (χ3v) is 8.03. The lowest BCUT2D eigenvalue weighted by Gasteiger charge is -2.32. The van der Waals surface area contributed by atoms with Crippen LogP contribution >= 0.6 is 0 Å². The van der Waals surface area contributed by atoms with Crippen LogP contribution in [0.1, 0.15) is 44.6 Å². The summed E-state index contributed by atoms with van der Waals surface area (Å²) in [5, 5.41) is 0. The number of hydrogen-bond acceptors (Lipinski definition) is 4. The van der Waals surface area contributed by atoms with E-state index >= 15 is 0 Å². The summed E-state index contributed by atoms with van der Waals surface area (Å²) in [6, 6.07) is 0. The fourth-order valence-corrected chi connectivity index (χ4v) is 8.17. The maximum Gasteiger partial charge on any atom is 0.188 e. The van der Waals surface area contributed by atoms with Crippen molar-refractivity contribution in [3.8, 4) is 0 Å². The average Bonchev–Trinajstić information content (AvgIpc) is 1.85. The molecule has 0 unspecified atom stereocenters. The monoisotopic (exact) mass is 303 g/mol. The second-order valence-corrected chi connectivity index (χ2v) is 12.8. The highest BCUT2D eigenvalue weighted by Crippen LogP contribution is 2.11. The molecule has 18 heavy (non-hydrogen) atoms. The molecule has 4 nitrogen and oxygen atoms in total. The largest absolute Gasteiger partial charge is 0.454 e. The smallest absolute Gasteiger partial charge is 0.188 e. The predicted octanol–water partition coefficient (Wildman–Crippen LogP) is 3.73. The van der Waals surface area contributed by atoms with E-state index in [1.165, 1.54) is 0 Å². The third kappa shape index (κ3) is 21.5. The van der Waals surface area contributed by atoms with E-state index < -0.39 is 16.6 Å². The lowest BCUT2D eigenvalue weighted by atomic mass is 11.5. The van der Waals surface area contributed by atoms with Crippen molar-refractivity contribution in [1.29, 1.82) is 0 Å². The van der Waals surface area contributed by atoms with Gasteiger partial charge in [-0.05, 0) is 26.2 Å². The first-order chi connectivity index (χ1) is 5.33. The number of rotatable bonds is 5. The Hall–Kier alpha value is 0.274. The molecule has 0 aromatic heterocycles. The van der Waals surface area contributed by atoms with Crippen molar-refractivity contribution < 1.29 is 4.12 Å². The Morgan fingerprint density at radius 3 is 1.39 bits per heavy atom. The van der Waals surface area contributed by atoms with Crippen LogP contribution in [0.4, 0.5) is 0 Å². The van der Waals surface area contributed by atoms with Crippen molar-refractivity contribution in [2.45, 2.75) is 70.7 Å². The molecule has 0 rings (SSSR count). The Morgan fingerprint density at radius 2 is 1.17 bits per heavy atom. The summed E-state index contributed by atoms with van der Waals surface area (Å²) in [5.74, 6) is 5.26. The normalized spacial score (nSPS) is 9.00. The molecule has 0 aromatic rings. The SMILES string of the molecule is C.C.C.C.C.C.C[Si](C)(CN)O[Si](C)(C)CNN. The van der Waals surface area contributed by atoms with E-state index in [2.05, 4.69) is 31.6 Å². The summed E-state index contributed by atoms with van der Waals surface area (Å²) in [7, 11) is -3.22. The van der Waals surface area contributed by atoms with Crippen LogP contribution in [0.3, 0.4) is 0 Å². The van der Waals surface area contributed by atoms with Crippen LogP contribution in [0.2, 0.25) is 26.2 Å². The molecule has 0 aliphatic carbocycles. The number of nitrogens with two attached hydrogens (primary N) is 2. The fourth-order valence-electron chi connectivity index (χ4n) is 1.07. The van der Waals surface area contributed by atoms with Gasteiger partial charge in [-0.15, -0.1) is 0 Å². The molecule has 5 N–H and O–H groups in total. The second-order valence-electron chi connectivity index (χ2n) is 4.21. The first-order valence-corrected chi connectivity index (χ1v) is 10.4. The zero-order chi connectivity index (χ0) is 9.83. The van der Waals surface area contributed by atoms with Crippen LogP contribution in [-0.4, -0.2) is 29.0 Å². The van der Waals surface area contributed by atoms with Gasteiger partial charge in [-0.2, -0.15) is 0 Å². The molecule has 0 saturated carbocycles. The van der Waals surface area contributed by atoms with E-state index in [4.69, 9.17) is 15.7 Å². The molecule has 0 saturated heterocycles. The number of nitrogens with one attached hydrogen (secondary N) is 1. The highest BCUT2D eigenvalue weighted by molar-refractivity contribution is 6.85. The molecular weight excluding hydrogens is 258 g/mol. The molecule has 0 aliphatic heterocycles. The van der Waals surface area contributed by atoms with Gasteiger partial charge in [0.15, 0.2) is 16.6 Å². The van der Waals surface area contributed by atoms with Gasteiger partial charge in [-0.25, -0.2) is 0 Å². The average molecular weight is 304 g/mol. The standard InChI is InChI=1S/C6H21N3OSi2.6CH4/c1-11(2,5-7)10-12(3,4)6-9-8;;;;;;/h9H,5-8H2,1-4H3;6*1H4. The highest BCUT2D eigenvalue weighted by Gasteiger charge is 2.31. The van der Waals surface area contributed by atoms with Gasteiger partial charge in [0.25, 0.3) is 0 Å². The van der Waals surface area contributed by atoms with Gasteiger partial charge in [-0.3, -0.25) is 11.3 Å². The van der Waals surface area contributed by atoms with Crippen molar-refractivity contribution in [3.63, 3.8) is 0 Å². The second kappa shape index (κ2) is 17.3. The zero-order valence-electron chi connectivity index (χ0n) is 8.48. The lowest BCUT2D eigenvalue weighted by Crippen LogP contribution is -2.54. The lowest BCUT2D eigenvalue weighted by molar-refractivity contribution is 0.531. The summed E-state index contributed by atoms with van der Waals surface area (Å²) in [4.78, 5) is 0. The minimum absolute atomic E-state index is 0. The van der Waals surface area contributed by atoms with Crippen LogP contribution in [0, 0.1) is 0 Å². The van der Waals surface area contributed by atoms with E-state index in [-0.39, 0.29) is 44.6 Å². The summed E-state index contributed by atoms with van der Waals surface area (Å²) < 4.78 is 6.03. The molecule has 0 aliphatic rings. The van der Waals surface area contributed by atoms with Gasteiger partial charge < -0.3 is 9.85 Å². The van der Waals surface area contributed by atoms with Crippen molar-refractivity contribution in [2.75, 3.05) is 12.3 Å². The predicted molar refractivity (Wildman–Crippen MR) is 97.7 cm³/mol. The van der Waals surface area contributed by atoms with Crippen molar-refractivity contribution >= 4 is 16.6 Å². The maximum atomic E-state index is 6.03. The number of hydrogen-bond donors (Lipinski definition) is 3. The topological polar surface area (TPSA) is 73.3 Å². The maximum absolute atomic E-state index is 6.03. The Balaban J connectivity index is -0.0000000403. The molecule has 0 bridgehead atoms. The molecule has 122 valence electrons. The highest BCUT2D eigenvalue weighted by atomic mass is 28.4. The van der Waals surface area contributed by atoms with Gasteiger partial charge in [0.2, 0.25) is 0 Å². The Morgan fingerprint density at radius 1 is 0.833 bits per heavy atom. The van der Waals surface area contributed by atoms with Crippen LogP contribution in [-0.2, 0) is 4.12 Å². The third-order valence-electron chi connectivity index (χ3n) is 1.57. The van der Waals surface area contributed by atoms with Gasteiger partial charge >= 0.3 is 0 Å². The van der Waals surface area contributed by atoms with E-state index in [0.29, 0.717) is 6.17 Å². The van der Waals surface area contributed by atoms with Gasteiger partial charge in [0.1, 0.15) is 0 Å². The van der Waals surface area contributed by atoms with Gasteiger partial charge in [-0.1, -0.05) is 44.6 Å². The molecule has 0 heterocycles. The first kappa shape index (κ1) is 42.9. The van der Waals surface area contributed by atoms with Gasteiger partial charge in [0, 0.05) is 12.3 Å². The van der Waals surface area contributed by atoms with Crippen molar-refractivity contribution in [1.82, 2.24) is 5.43 Å². The number of hydrazine groups is 1. The van der Waals surface area contributed by atoms with Crippen molar-refractivity contribution in [2.24, 2.45) is 11.6 Å². The Kier molecular flexibility index (Phi) is 41.2. The van der Waals surface area contributed by atoms with Crippen LogP contribution < -0.4 is 17.0 Å². The van der Waals surface area contributed by atoms with Crippen LogP contribution in [0.15, 0.2) is 0 Å². The molecule has 0 atom stereocenters. The molecule has 0 spiro atoms. The molecule has 6 heteroatoms. The summed E-state index contributed by atoms with van der Waals surface area (Å²) >= 11 is 0. The molecular formula is C12H45N3OSi2. The van der Waals surface area contributed by atoms with Gasteiger partial charge in [0.05, 0.1) is 0 Å². The summed E-state index contributed by atoms with van der Waals surface area (Å²) in [6.45, 7) is 8.57. The molecule has 0 aromatic carbocycles. The fraction of sp³-hybridized carbons (Fsp3) is 1.00. The molecule has 0 fully saturated rings. The Labute approximate surface area is 121 Å². The van der Waals surface area contributed by atoms with E-state index in [1.807, 2.05) is 0 Å². The van der Waals surface area contributed by atoms with Crippen molar-refractivity contribution in [3.05, 3.63) is 0 Å². The molecule has 0 amide bonds. The minimum atomic E-state index is -1.61. The van der Waals surface area contributed by atoms with E-state index in [1.54, 1.807) is 0 Å². The minimum Gasteiger partial charge on any atom is -0.454 e. The molecule has 0 radical (unpaired) electrons. The quantitative estimate of drug-likeness (QED) is 0.411. The summed E-state index contributed by atoms with van der Waals surface area (Å²) in [5.41, 5.74) is 8.29. The first-order valence-electron chi connectivity index (χ1n) is 4.17. The van der Waals surface area contributed by atoms with E-state index in [0.717, 1.165) is 6.17 Å². The van der Waals surface area contributed by atoms with E-state index in [9.17, 15) is 0 Å². The van der Waals surface area contributed by atoms with Crippen LogP contribution in [0.25, 0.3) is 0 Å². The zero-order valence-corrected chi connectivity index (χ0v) is 10.5. The Bertz CT molecular complexity index is 145.